The van der Waals surface area contributed by atoms with E-state index in [1.165, 1.54) is 11.3 Å². The van der Waals surface area contributed by atoms with Crippen LogP contribution in [0.15, 0.2) is 35.6 Å². The maximum Gasteiger partial charge on any atom is 0.277 e. The number of thiazole rings is 1. The lowest BCUT2D eigenvalue weighted by atomic mass is 10.3. The van der Waals surface area contributed by atoms with Gasteiger partial charge >= 0.3 is 0 Å². The van der Waals surface area contributed by atoms with Crippen molar-refractivity contribution in [3.05, 3.63) is 41.2 Å². The number of halogens is 1. The second kappa shape index (κ2) is 5.84. The van der Waals surface area contributed by atoms with E-state index in [1.54, 1.807) is 0 Å². The SMILES string of the molecule is CS(=O)(=O)c1ncc(Cl)c(C(=O)Nc2nc3ccccc3s2)n1. The smallest absolute Gasteiger partial charge is 0.277 e. The molecule has 2 heterocycles. The van der Waals surface area contributed by atoms with Gasteiger partial charge < -0.3 is 0 Å². The van der Waals surface area contributed by atoms with Crippen molar-refractivity contribution < 1.29 is 13.2 Å². The molecule has 118 valence electrons. The first-order chi connectivity index (χ1) is 10.8. The van der Waals surface area contributed by atoms with Gasteiger partial charge in [-0.3, -0.25) is 10.1 Å². The molecular weight excluding hydrogens is 360 g/mol. The second-order valence-corrected chi connectivity index (χ2v) is 7.91. The van der Waals surface area contributed by atoms with E-state index in [2.05, 4.69) is 20.3 Å². The van der Waals surface area contributed by atoms with Crippen LogP contribution < -0.4 is 5.32 Å². The number of carbonyl (C=O) groups is 1. The molecule has 3 rings (SSSR count). The molecule has 2 aromatic heterocycles. The van der Waals surface area contributed by atoms with Gasteiger partial charge in [-0.25, -0.2) is 23.4 Å². The summed E-state index contributed by atoms with van der Waals surface area (Å²) in [5.41, 5.74) is 0.528. The predicted molar refractivity (Wildman–Crippen MR) is 87.7 cm³/mol. The second-order valence-electron chi connectivity index (χ2n) is 4.56. The van der Waals surface area contributed by atoms with E-state index in [0.29, 0.717) is 5.13 Å². The zero-order chi connectivity index (χ0) is 16.6. The van der Waals surface area contributed by atoms with Crippen LogP contribution in [0, 0.1) is 0 Å². The quantitative estimate of drug-likeness (QED) is 0.712. The van der Waals surface area contributed by atoms with Crippen molar-refractivity contribution in [3.63, 3.8) is 0 Å². The summed E-state index contributed by atoms with van der Waals surface area (Å²) >= 11 is 7.18. The molecule has 0 unspecified atom stereocenters. The molecule has 23 heavy (non-hydrogen) atoms. The van der Waals surface area contributed by atoms with Gasteiger partial charge in [0, 0.05) is 6.26 Å². The standard InChI is InChI=1S/C13H9ClN4O3S2/c1-23(20,21)13-15-6-7(14)10(17-13)11(19)18-12-16-8-4-2-3-5-9(8)22-12/h2-6H,1H3,(H,16,18,19). The first kappa shape index (κ1) is 15.8. The summed E-state index contributed by atoms with van der Waals surface area (Å²) in [6, 6.07) is 7.40. The summed E-state index contributed by atoms with van der Waals surface area (Å²) in [6.45, 7) is 0. The lowest BCUT2D eigenvalue weighted by Crippen LogP contribution is -2.17. The minimum atomic E-state index is -3.64. The Bertz CT molecular complexity index is 984. The molecule has 1 amide bonds. The zero-order valence-corrected chi connectivity index (χ0v) is 14.0. The van der Waals surface area contributed by atoms with Gasteiger partial charge in [0.2, 0.25) is 15.0 Å². The fourth-order valence-corrected chi connectivity index (χ4v) is 3.31. The van der Waals surface area contributed by atoms with E-state index in [4.69, 9.17) is 11.6 Å². The first-order valence-electron chi connectivity index (χ1n) is 6.24. The van der Waals surface area contributed by atoms with Crippen LogP contribution in [-0.4, -0.2) is 35.5 Å². The highest BCUT2D eigenvalue weighted by molar-refractivity contribution is 7.90. The molecule has 7 nitrogen and oxygen atoms in total. The van der Waals surface area contributed by atoms with E-state index in [-0.39, 0.29) is 10.7 Å². The highest BCUT2D eigenvalue weighted by atomic mass is 35.5. The molecule has 0 saturated carbocycles. The molecule has 0 atom stereocenters. The van der Waals surface area contributed by atoms with Crippen LogP contribution in [0.2, 0.25) is 5.02 Å². The minimum absolute atomic E-state index is 0.0454. The molecule has 1 aromatic carbocycles. The molecule has 0 aliphatic carbocycles. The summed E-state index contributed by atoms with van der Waals surface area (Å²) in [4.78, 5) is 23.9. The molecule has 0 radical (unpaired) electrons. The van der Waals surface area contributed by atoms with Crippen molar-refractivity contribution in [2.45, 2.75) is 5.16 Å². The van der Waals surface area contributed by atoms with Crippen molar-refractivity contribution in [2.75, 3.05) is 11.6 Å². The van der Waals surface area contributed by atoms with E-state index in [1.807, 2.05) is 24.3 Å². The number of nitrogens with one attached hydrogen (secondary N) is 1. The van der Waals surface area contributed by atoms with Gasteiger partial charge in [-0.2, -0.15) is 0 Å². The Morgan fingerprint density at radius 3 is 2.70 bits per heavy atom. The number of fused-ring (bicyclic) bond motifs is 1. The molecule has 0 bridgehead atoms. The van der Waals surface area contributed by atoms with Crippen LogP contribution in [0.5, 0.6) is 0 Å². The van der Waals surface area contributed by atoms with Gasteiger partial charge in [-0.1, -0.05) is 35.1 Å². The molecule has 3 aromatic rings. The van der Waals surface area contributed by atoms with Gasteiger partial charge in [0.1, 0.15) is 0 Å². The maximum absolute atomic E-state index is 12.3. The Kier molecular flexibility index (Phi) is 4.00. The van der Waals surface area contributed by atoms with Crippen LogP contribution in [0.25, 0.3) is 10.2 Å². The molecule has 1 N–H and O–H groups in total. The summed E-state index contributed by atoms with van der Waals surface area (Å²) in [5.74, 6) is -0.652. The Labute approximate surface area is 140 Å². The number of hydrogen-bond donors (Lipinski definition) is 1. The van der Waals surface area contributed by atoms with Gasteiger partial charge in [0.25, 0.3) is 5.91 Å². The summed E-state index contributed by atoms with van der Waals surface area (Å²) in [6.07, 6.45) is 2.03. The number of aromatic nitrogens is 3. The fraction of sp³-hybridized carbons (Fsp3) is 0.0769. The average molecular weight is 369 g/mol. The Morgan fingerprint density at radius 2 is 2.00 bits per heavy atom. The molecule has 0 aliphatic heterocycles. The predicted octanol–water partition coefficient (Wildman–Crippen LogP) is 2.40. The number of para-hydroxylation sites is 1. The lowest BCUT2D eigenvalue weighted by molar-refractivity contribution is 0.102. The summed E-state index contributed by atoms with van der Waals surface area (Å²) < 4.78 is 23.9. The van der Waals surface area contributed by atoms with Crippen molar-refractivity contribution in [2.24, 2.45) is 0 Å². The number of benzene rings is 1. The largest absolute Gasteiger partial charge is 0.296 e. The highest BCUT2D eigenvalue weighted by Crippen LogP contribution is 2.26. The number of amides is 1. The van der Waals surface area contributed by atoms with Crippen LogP contribution >= 0.6 is 22.9 Å². The normalized spacial score (nSPS) is 11.6. The van der Waals surface area contributed by atoms with Crippen molar-refractivity contribution >= 4 is 54.0 Å². The van der Waals surface area contributed by atoms with Gasteiger partial charge in [0.15, 0.2) is 10.8 Å². The molecule has 0 saturated heterocycles. The van der Waals surface area contributed by atoms with E-state index in [9.17, 15) is 13.2 Å². The molecule has 0 spiro atoms. The van der Waals surface area contributed by atoms with Crippen LogP contribution in [0.3, 0.4) is 0 Å². The van der Waals surface area contributed by atoms with E-state index < -0.39 is 20.9 Å². The number of rotatable bonds is 3. The number of anilines is 1. The average Bonchev–Trinajstić information content (AvgIpc) is 2.88. The maximum atomic E-state index is 12.3. The van der Waals surface area contributed by atoms with Crippen LogP contribution in [-0.2, 0) is 9.84 Å². The molecule has 0 fully saturated rings. The molecule has 10 heteroatoms. The number of sulfone groups is 1. The topological polar surface area (TPSA) is 102 Å². The third kappa shape index (κ3) is 3.31. The monoisotopic (exact) mass is 368 g/mol. The van der Waals surface area contributed by atoms with Crippen molar-refractivity contribution in [1.82, 2.24) is 15.0 Å². The highest BCUT2D eigenvalue weighted by Gasteiger charge is 2.19. The summed E-state index contributed by atoms with van der Waals surface area (Å²) in [7, 11) is -3.64. The number of hydrogen-bond acceptors (Lipinski definition) is 7. The van der Waals surface area contributed by atoms with Crippen LogP contribution in [0.1, 0.15) is 10.5 Å². The van der Waals surface area contributed by atoms with Gasteiger partial charge in [0.05, 0.1) is 21.4 Å². The third-order valence-corrected chi connectivity index (χ3v) is 4.87. The molecular formula is C13H9ClN4O3S2. The lowest BCUT2D eigenvalue weighted by Gasteiger charge is -2.04. The summed E-state index contributed by atoms with van der Waals surface area (Å²) in [5, 5.41) is 2.43. The van der Waals surface area contributed by atoms with E-state index >= 15 is 0 Å². The minimum Gasteiger partial charge on any atom is -0.296 e. The van der Waals surface area contributed by atoms with Crippen LogP contribution in [0.4, 0.5) is 5.13 Å². The Hall–Kier alpha value is -2.10. The first-order valence-corrected chi connectivity index (χ1v) is 9.33. The number of carbonyl (C=O) groups excluding carboxylic acids is 1. The third-order valence-electron chi connectivity index (χ3n) is 2.78. The Balaban J connectivity index is 1.94. The van der Waals surface area contributed by atoms with E-state index in [0.717, 1.165) is 22.7 Å². The number of nitrogens with zero attached hydrogens (tertiary/aromatic N) is 3. The fourth-order valence-electron chi connectivity index (χ4n) is 1.77. The Morgan fingerprint density at radius 1 is 1.26 bits per heavy atom. The van der Waals surface area contributed by atoms with Gasteiger partial charge in [-0.15, -0.1) is 0 Å². The van der Waals surface area contributed by atoms with Crippen molar-refractivity contribution in [1.29, 1.82) is 0 Å². The van der Waals surface area contributed by atoms with Gasteiger partial charge in [-0.05, 0) is 12.1 Å². The van der Waals surface area contributed by atoms with Crippen molar-refractivity contribution in [3.8, 4) is 0 Å². The molecule has 0 aliphatic rings. The zero-order valence-electron chi connectivity index (χ0n) is 11.6.